The predicted molar refractivity (Wildman–Crippen MR) is 72.4 cm³/mol. The summed E-state index contributed by atoms with van der Waals surface area (Å²) in [4.78, 5) is 18.8. The summed E-state index contributed by atoms with van der Waals surface area (Å²) in [5, 5.41) is 0. The van der Waals surface area contributed by atoms with E-state index in [1.54, 1.807) is 6.92 Å². The molecule has 0 fully saturated rings. The average Bonchev–Trinajstić information content (AvgIpc) is 2.72. The van der Waals surface area contributed by atoms with Crippen LogP contribution in [0.3, 0.4) is 0 Å². The van der Waals surface area contributed by atoms with Gasteiger partial charge in [-0.3, -0.25) is 0 Å². The Morgan fingerprint density at radius 1 is 1.44 bits per heavy atom. The molecule has 0 aliphatic rings. The molecule has 0 atom stereocenters. The summed E-state index contributed by atoms with van der Waals surface area (Å²) in [6.45, 7) is 3.98. The fourth-order valence-electron chi connectivity index (χ4n) is 1.67. The summed E-state index contributed by atoms with van der Waals surface area (Å²) in [6, 6.07) is 7.75. The molecule has 18 heavy (non-hydrogen) atoms. The van der Waals surface area contributed by atoms with E-state index in [2.05, 4.69) is 25.9 Å². The van der Waals surface area contributed by atoms with Crippen molar-refractivity contribution in [2.45, 2.75) is 13.8 Å². The highest BCUT2D eigenvalue weighted by Crippen LogP contribution is 2.28. The van der Waals surface area contributed by atoms with Crippen LogP contribution in [0.25, 0.3) is 11.3 Å². The van der Waals surface area contributed by atoms with Crippen LogP contribution in [0.5, 0.6) is 0 Å². The van der Waals surface area contributed by atoms with Crippen LogP contribution >= 0.6 is 15.9 Å². The second-order valence-corrected chi connectivity index (χ2v) is 4.61. The lowest BCUT2D eigenvalue weighted by Crippen LogP contribution is -2.06. The first kappa shape index (κ1) is 12.8. The normalized spacial score (nSPS) is 10.4. The number of halogens is 1. The third-order valence-electron chi connectivity index (χ3n) is 2.48. The smallest absolute Gasteiger partial charge is 0.374 e. The minimum Gasteiger partial charge on any atom is -0.460 e. The number of imidazole rings is 1. The van der Waals surface area contributed by atoms with Crippen LogP contribution in [0, 0.1) is 6.92 Å². The number of aryl methyl sites for hydroxylation is 1. The maximum Gasteiger partial charge on any atom is 0.374 e. The average molecular weight is 309 g/mol. The van der Waals surface area contributed by atoms with Crippen LogP contribution in [-0.4, -0.2) is 22.5 Å². The molecule has 94 valence electrons. The number of H-pyrrole nitrogens is 1. The van der Waals surface area contributed by atoms with Gasteiger partial charge >= 0.3 is 5.97 Å². The monoisotopic (exact) mass is 308 g/mol. The van der Waals surface area contributed by atoms with Crippen LogP contribution in [0.15, 0.2) is 28.7 Å². The highest BCUT2D eigenvalue weighted by molar-refractivity contribution is 9.10. The molecule has 0 bridgehead atoms. The summed E-state index contributed by atoms with van der Waals surface area (Å²) in [5.41, 5.74) is 2.54. The number of carbonyl (C=O) groups excluding carboxylic acids is 1. The van der Waals surface area contributed by atoms with Crippen LogP contribution in [0.4, 0.5) is 0 Å². The van der Waals surface area contributed by atoms with E-state index in [1.807, 2.05) is 31.2 Å². The maximum absolute atomic E-state index is 11.6. The topological polar surface area (TPSA) is 55.0 Å². The van der Waals surface area contributed by atoms with Gasteiger partial charge < -0.3 is 9.72 Å². The third kappa shape index (κ3) is 2.46. The van der Waals surface area contributed by atoms with E-state index in [4.69, 9.17) is 4.74 Å². The molecule has 0 saturated carbocycles. The Bertz CT molecular complexity index is 578. The minimum atomic E-state index is -0.432. The molecule has 0 aliphatic heterocycles. The van der Waals surface area contributed by atoms with E-state index in [0.29, 0.717) is 6.61 Å². The van der Waals surface area contributed by atoms with Crippen LogP contribution in [0.2, 0.25) is 0 Å². The highest BCUT2D eigenvalue weighted by Gasteiger charge is 2.16. The zero-order chi connectivity index (χ0) is 13.1. The first-order chi connectivity index (χ1) is 8.63. The number of nitrogens with zero attached hydrogens (tertiary/aromatic N) is 1. The van der Waals surface area contributed by atoms with Gasteiger partial charge in [0.15, 0.2) is 0 Å². The zero-order valence-electron chi connectivity index (χ0n) is 10.2. The van der Waals surface area contributed by atoms with Gasteiger partial charge in [0.25, 0.3) is 0 Å². The van der Waals surface area contributed by atoms with Crippen molar-refractivity contribution in [3.8, 4) is 11.3 Å². The summed E-state index contributed by atoms with van der Waals surface area (Å²) in [7, 11) is 0. The van der Waals surface area contributed by atoms with E-state index in [0.717, 1.165) is 21.4 Å². The lowest BCUT2D eigenvalue weighted by atomic mass is 10.1. The SMILES string of the molecule is CCOC(=O)c1nc(-c2ccccc2Br)c(C)[nH]1. The van der Waals surface area contributed by atoms with Crippen molar-refractivity contribution in [1.29, 1.82) is 0 Å². The summed E-state index contributed by atoms with van der Waals surface area (Å²) in [6.07, 6.45) is 0. The molecule has 0 amide bonds. The molecule has 0 aliphatic carbocycles. The van der Waals surface area contributed by atoms with E-state index in [9.17, 15) is 4.79 Å². The van der Waals surface area contributed by atoms with Crippen molar-refractivity contribution in [2.24, 2.45) is 0 Å². The quantitative estimate of drug-likeness (QED) is 0.885. The Hall–Kier alpha value is -1.62. The number of hydrogen-bond donors (Lipinski definition) is 1. The molecule has 1 N–H and O–H groups in total. The van der Waals surface area contributed by atoms with Crippen LogP contribution in [0.1, 0.15) is 23.2 Å². The molecule has 0 saturated heterocycles. The van der Waals surface area contributed by atoms with Crippen molar-refractivity contribution in [3.05, 3.63) is 40.3 Å². The van der Waals surface area contributed by atoms with E-state index in [-0.39, 0.29) is 5.82 Å². The number of benzene rings is 1. The molecular formula is C13H13BrN2O2. The van der Waals surface area contributed by atoms with Crippen molar-refractivity contribution in [3.63, 3.8) is 0 Å². The van der Waals surface area contributed by atoms with Gasteiger partial charge in [0.05, 0.1) is 12.3 Å². The molecule has 0 unspecified atom stereocenters. The van der Waals surface area contributed by atoms with Gasteiger partial charge in [0.1, 0.15) is 0 Å². The van der Waals surface area contributed by atoms with Crippen molar-refractivity contribution >= 4 is 21.9 Å². The minimum absolute atomic E-state index is 0.236. The number of nitrogens with one attached hydrogen (secondary N) is 1. The van der Waals surface area contributed by atoms with E-state index in [1.165, 1.54) is 0 Å². The number of esters is 1. The van der Waals surface area contributed by atoms with Gasteiger partial charge in [-0.2, -0.15) is 0 Å². The largest absolute Gasteiger partial charge is 0.460 e. The van der Waals surface area contributed by atoms with Gasteiger partial charge in [-0.05, 0) is 19.9 Å². The molecule has 2 rings (SSSR count). The van der Waals surface area contributed by atoms with Crippen LogP contribution in [-0.2, 0) is 4.74 Å². The number of rotatable bonds is 3. The predicted octanol–water partition coefficient (Wildman–Crippen LogP) is 3.32. The number of hydrogen-bond acceptors (Lipinski definition) is 3. The van der Waals surface area contributed by atoms with Gasteiger partial charge in [-0.1, -0.05) is 34.1 Å². The molecule has 0 spiro atoms. The molecule has 1 aromatic carbocycles. The molecule has 1 heterocycles. The molecule has 5 heteroatoms. The van der Waals surface area contributed by atoms with Crippen molar-refractivity contribution in [2.75, 3.05) is 6.61 Å². The number of ether oxygens (including phenoxy) is 1. The summed E-state index contributed by atoms with van der Waals surface area (Å²) >= 11 is 3.47. The first-order valence-corrected chi connectivity index (χ1v) is 6.41. The second-order valence-electron chi connectivity index (χ2n) is 3.76. The Kier molecular flexibility index (Phi) is 3.81. The number of carbonyl (C=O) groups is 1. The molecule has 1 aromatic heterocycles. The zero-order valence-corrected chi connectivity index (χ0v) is 11.7. The Labute approximate surface area is 114 Å². The molecule has 0 radical (unpaired) electrons. The van der Waals surface area contributed by atoms with E-state index < -0.39 is 5.97 Å². The van der Waals surface area contributed by atoms with Crippen molar-refractivity contribution in [1.82, 2.24) is 9.97 Å². The van der Waals surface area contributed by atoms with Gasteiger partial charge in [0, 0.05) is 15.7 Å². The molecular weight excluding hydrogens is 296 g/mol. The van der Waals surface area contributed by atoms with Gasteiger partial charge in [-0.25, -0.2) is 9.78 Å². The number of aromatic amines is 1. The summed E-state index contributed by atoms with van der Waals surface area (Å²) in [5.74, 6) is -0.195. The van der Waals surface area contributed by atoms with Crippen molar-refractivity contribution < 1.29 is 9.53 Å². The first-order valence-electron chi connectivity index (χ1n) is 5.62. The Morgan fingerprint density at radius 3 is 2.83 bits per heavy atom. The molecule has 2 aromatic rings. The van der Waals surface area contributed by atoms with Gasteiger partial charge in [0.2, 0.25) is 5.82 Å². The lowest BCUT2D eigenvalue weighted by Gasteiger charge is -2.01. The fourth-order valence-corrected chi connectivity index (χ4v) is 2.14. The van der Waals surface area contributed by atoms with Gasteiger partial charge in [-0.15, -0.1) is 0 Å². The third-order valence-corrected chi connectivity index (χ3v) is 3.17. The summed E-state index contributed by atoms with van der Waals surface area (Å²) < 4.78 is 5.86. The standard InChI is InChI=1S/C13H13BrN2O2/c1-3-18-13(17)12-15-8(2)11(16-12)9-6-4-5-7-10(9)14/h4-7H,3H2,1-2H3,(H,15,16). The fraction of sp³-hybridized carbons (Fsp3) is 0.231. The lowest BCUT2D eigenvalue weighted by molar-refractivity contribution is 0.0513. The Morgan fingerprint density at radius 2 is 2.17 bits per heavy atom. The highest BCUT2D eigenvalue weighted by atomic mass is 79.9. The van der Waals surface area contributed by atoms with Crippen LogP contribution < -0.4 is 0 Å². The maximum atomic E-state index is 11.6. The molecule has 4 nitrogen and oxygen atoms in total. The Balaban J connectivity index is 2.42. The van der Waals surface area contributed by atoms with E-state index >= 15 is 0 Å². The second kappa shape index (κ2) is 5.35. The number of aromatic nitrogens is 2.